The van der Waals surface area contributed by atoms with Gasteiger partial charge in [-0.1, -0.05) is 61.3 Å². The first-order valence-electron chi connectivity index (χ1n) is 11.9. The summed E-state index contributed by atoms with van der Waals surface area (Å²) in [5.74, 6) is -1.23. The van der Waals surface area contributed by atoms with Crippen molar-refractivity contribution in [3.8, 4) is 0 Å². The first-order valence-corrected chi connectivity index (χ1v) is 12.6. The SMILES string of the molecule is CC[C@H](O)C(C1CC1)N1C(=O)[C@@](C)(CC(=O)O)C[C@H](c2cccc(Cl)c2)C1c1ccc(Cl)cc1. The predicted molar refractivity (Wildman–Crippen MR) is 133 cm³/mol. The monoisotopic (exact) mass is 503 g/mol. The van der Waals surface area contributed by atoms with Gasteiger partial charge in [-0.15, -0.1) is 0 Å². The zero-order chi connectivity index (χ0) is 24.6. The number of carboxylic acid groups (broad SMARTS) is 1. The number of carbonyl (C=O) groups is 2. The van der Waals surface area contributed by atoms with Crippen molar-refractivity contribution in [2.75, 3.05) is 0 Å². The number of carbonyl (C=O) groups excluding carboxylic acids is 1. The molecule has 1 saturated heterocycles. The Bertz CT molecular complexity index is 1050. The Labute approximate surface area is 210 Å². The molecule has 1 heterocycles. The summed E-state index contributed by atoms with van der Waals surface area (Å²) in [6, 6.07) is 14.3. The van der Waals surface area contributed by atoms with E-state index in [1.165, 1.54) is 0 Å². The number of piperidine rings is 1. The average Bonchev–Trinajstić information content (AvgIpc) is 3.62. The molecule has 2 aliphatic rings. The molecule has 5 nitrogen and oxygen atoms in total. The number of nitrogens with zero attached hydrogens (tertiary/aromatic N) is 1. The third kappa shape index (κ3) is 4.98. The minimum atomic E-state index is -1.11. The lowest BCUT2D eigenvalue weighted by molar-refractivity contribution is -0.164. The molecular weight excluding hydrogens is 473 g/mol. The lowest BCUT2D eigenvalue weighted by Gasteiger charge is -2.53. The lowest BCUT2D eigenvalue weighted by Crippen LogP contribution is -2.59. The fourth-order valence-corrected chi connectivity index (χ4v) is 5.94. The second-order valence-corrected chi connectivity index (χ2v) is 10.9. The number of aliphatic carboxylic acids is 1. The van der Waals surface area contributed by atoms with Crippen LogP contribution in [0.4, 0.5) is 0 Å². The van der Waals surface area contributed by atoms with Gasteiger partial charge in [0.15, 0.2) is 0 Å². The van der Waals surface area contributed by atoms with Crippen LogP contribution < -0.4 is 0 Å². The maximum absolute atomic E-state index is 14.2. The van der Waals surface area contributed by atoms with Crippen LogP contribution in [0, 0.1) is 11.3 Å². The number of aliphatic hydroxyl groups excluding tert-OH is 1. The molecule has 0 spiro atoms. The second-order valence-electron chi connectivity index (χ2n) is 10.0. The van der Waals surface area contributed by atoms with Crippen molar-refractivity contribution in [2.45, 2.75) is 70.1 Å². The Kier molecular flexibility index (Phi) is 7.28. The van der Waals surface area contributed by atoms with Gasteiger partial charge in [-0.25, -0.2) is 0 Å². The molecule has 1 amide bonds. The number of likely N-dealkylation sites (tertiary alicyclic amines) is 1. The van der Waals surface area contributed by atoms with Crippen LogP contribution in [0.2, 0.25) is 10.0 Å². The van der Waals surface area contributed by atoms with E-state index in [0.29, 0.717) is 22.9 Å². The molecular formula is C27H31Cl2NO4. The van der Waals surface area contributed by atoms with Crippen LogP contribution in [0.1, 0.15) is 69.0 Å². The molecule has 0 aromatic heterocycles. The van der Waals surface area contributed by atoms with E-state index in [-0.39, 0.29) is 36.2 Å². The summed E-state index contributed by atoms with van der Waals surface area (Å²) in [6.45, 7) is 3.66. The van der Waals surface area contributed by atoms with Crippen LogP contribution in [-0.4, -0.2) is 39.1 Å². The quantitative estimate of drug-likeness (QED) is 0.457. The number of amides is 1. The minimum absolute atomic E-state index is 0.195. The van der Waals surface area contributed by atoms with Crippen molar-refractivity contribution >= 4 is 35.1 Å². The standard InChI is InChI=1S/C27H31Cl2NO4/c1-3-22(31)25(17-7-8-17)30-24(16-9-11-19(28)12-10-16)21(18-5-4-6-20(29)13-18)14-27(2,26(30)34)15-23(32)33/h4-6,9-13,17,21-22,24-25,31H,3,7-8,14-15H2,1-2H3,(H,32,33)/t21-,22+,24?,25?,27-/m1/s1. The number of hydrogen-bond acceptors (Lipinski definition) is 3. The number of halogens is 2. The van der Waals surface area contributed by atoms with E-state index >= 15 is 0 Å². The van der Waals surface area contributed by atoms with E-state index in [2.05, 4.69) is 0 Å². The van der Waals surface area contributed by atoms with Crippen LogP contribution in [0.5, 0.6) is 0 Å². The third-order valence-electron chi connectivity index (χ3n) is 7.37. The topological polar surface area (TPSA) is 77.8 Å². The van der Waals surface area contributed by atoms with Crippen molar-refractivity contribution in [3.63, 3.8) is 0 Å². The van der Waals surface area contributed by atoms with Gasteiger partial charge in [0.25, 0.3) is 0 Å². The zero-order valence-corrected chi connectivity index (χ0v) is 21.0. The molecule has 0 bridgehead atoms. The van der Waals surface area contributed by atoms with E-state index in [1.54, 1.807) is 13.0 Å². The Morgan fingerprint density at radius 3 is 2.35 bits per heavy atom. The first-order chi connectivity index (χ1) is 16.1. The van der Waals surface area contributed by atoms with E-state index in [0.717, 1.165) is 24.0 Å². The van der Waals surface area contributed by atoms with Crippen LogP contribution in [0.3, 0.4) is 0 Å². The van der Waals surface area contributed by atoms with Crippen LogP contribution in [0.25, 0.3) is 0 Å². The number of aliphatic hydroxyl groups is 1. The highest BCUT2D eigenvalue weighted by Crippen LogP contribution is 2.54. The second kappa shape index (κ2) is 9.88. The van der Waals surface area contributed by atoms with Gasteiger partial charge in [-0.2, -0.15) is 0 Å². The van der Waals surface area contributed by atoms with Gasteiger partial charge in [0, 0.05) is 16.0 Å². The summed E-state index contributed by atoms with van der Waals surface area (Å²) in [7, 11) is 0. The first kappa shape index (κ1) is 25.0. The van der Waals surface area contributed by atoms with E-state index in [9.17, 15) is 19.8 Å². The van der Waals surface area contributed by atoms with Crippen LogP contribution in [-0.2, 0) is 9.59 Å². The Hall–Kier alpha value is -2.08. The fourth-order valence-electron chi connectivity index (χ4n) is 5.61. The highest BCUT2D eigenvalue weighted by molar-refractivity contribution is 6.30. The van der Waals surface area contributed by atoms with E-state index < -0.39 is 17.5 Å². The Morgan fingerprint density at radius 1 is 1.12 bits per heavy atom. The van der Waals surface area contributed by atoms with Crippen molar-refractivity contribution in [1.82, 2.24) is 4.90 Å². The summed E-state index contributed by atoms with van der Waals surface area (Å²) in [5.41, 5.74) is 0.749. The third-order valence-corrected chi connectivity index (χ3v) is 7.86. The Balaban J connectivity index is 1.92. The fraction of sp³-hybridized carbons (Fsp3) is 0.481. The maximum atomic E-state index is 14.2. The summed E-state index contributed by atoms with van der Waals surface area (Å²) in [4.78, 5) is 27.9. The molecule has 5 atom stereocenters. The number of carboxylic acids is 1. The minimum Gasteiger partial charge on any atom is -0.481 e. The molecule has 4 rings (SSSR count). The molecule has 1 saturated carbocycles. The van der Waals surface area contributed by atoms with Gasteiger partial charge >= 0.3 is 5.97 Å². The van der Waals surface area contributed by atoms with Gasteiger partial charge in [-0.05, 0) is 67.0 Å². The van der Waals surface area contributed by atoms with Crippen LogP contribution >= 0.6 is 23.2 Å². The molecule has 2 N–H and O–H groups in total. The normalized spacial score (nSPS) is 26.9. The lowest BCUT2D eigenvalue weighted by atomic mass is 9.66. The molecule has 2 fully saturated rings. The molecule has 0 radical (unpaired) electrons. The van der Waals surface area contributed by atoms with Gasteiger partial charge in [0.1, 0.15) is 0 Å². The molecule has 2 unspecified atom stereocenters. The summed E-state index contributed by atoms with van der Waals surface area (Å²) in [5, 5.41) is 22.0. The summed E-state index contributed by atoms with van der Waals surface area (Å²) >= 11 is 12.5. The molecule has 2 aromatic rings. The van der Waals surface area contributed by atoms with Gasteiger partial charge in [0.2, 0.25) is 5.91 Å². The largest absolute Gasteiger partial charge is 0.481 e. The van der Waals surface area contributed by atoms with Crippen molar-refractivity contribution < 1.29 is 19.8 Å². The van der Waals surface area contributed by atoms with E-state index in [4.69, 9.17) is 23.2 Å². The van der Waals surface area contributed by atoms with Crippen molar-refractivity contribution in [1.29, 1.82) is 0 Å². The van der Waals surface area contributed by atoms with E-state index in [1.807, 2.05) is 54.3 Å². The van der Waals surface area contributed by atoms with Gasteiger partial charge < -0.3 is 15.1 Å². The number of benzene rings is 2. The molecule has 34 heavy (non-hydrogen) atoms. The number of hydrogen-bond donors (Lipinski definition) is 2. The highest BCUT2D eigenvalue weighted by atomic mass is 35.5. The summed E-state index contributed by atoms with van der Waals surface area (Å²) in [6.07, 6.45) is 1.79. The van der Waals surface area contributed by atoms with Crippen molar-refractivity contribution in [2.24, 2.45) is 11.3 Å². The molecule has 2 aromatic carbocycles. The van der Waals surface area contributed by atoms with Crippen molar-refractivity contribution in [3.05, 3.63) is 69.7 Å². The molecule has 1 aliphatic heterocycles. The zero-order valence-electron chi connectivity index (χ0n) is 19.5. The van der Waals surface area contributed by atoms with Gasteiger partial charge in [-0.3, -0.25) is 9.59 Å². The molecule has 7 heteroatoms. The maximum Gasteiger partial charge on any atom is 0.304 e. The Morgan fingerprint density at radius 2 is 1.79 bits per heavy atom. The van der Waals surface area contributed by atoms with Gasteiger partial charge in [0.05, 0.1) is 30.0 Å². The molecule has 182 valence electrons. The molecule has 1 aliphatic carbocycles. The van der Waals surface area contributed by atoms with Crippen LogP contribution in [0.15, 0.2) is 48.5 Å². The number of rotatable bonds is 8. The summed E-state index contributed by atoms with van der Waals surface area (Å²) < 4.78 is 0. The average molecular weight is 504 g/mol. The smallest absolute Gasteiger partial charge is 0.304 e. The predicted octanol–water partition coefficient (Wildman–Crippen LogP) is 6.08. The highest BCUT2D eigenvalue weighted by Gasteiger charge is 2.55.